The van der Waals surface area contributed by atoms with Gasteiger partial charge in [-0.2, -0.15) is 13.2 Å². The van der Waals surface area contributed by atoms with Crippen LogP contribution in [0.25, 0.3) is 0 Å². The first-order valence-electron chi connectivity index (χ1n) is 18.8. The molecule has 1 heterocycles. The Hall–Kier alpha value is -3.87. The van der Waals surface area contributed by atoms with Crippen molar-refractivity contribution in [2.24, 2.45) is 0 Å². The van der Waals surface area contributed by atoms with Crippen LogP contribution in [0, 0.1) is 20.8 Å². The van der Waals surface area contributed by atoms with Gasteiger partial charge in [0.25, 0.3) is 11.8 Å². The Labute approximate surface area is 331 Å². The number of rotatable bonds is 12. The third-order valence-corrected chi connectivity index (χ3v) is 9.27. The number of aliphatic hydroxyl groups is 3. The van der Waals surface area contributed by atoms with Crippen molar-refractivity contribution in [1.82, 2.24) is 9.80 Å². The Morgan fingerprint density at radius 1 is 0.732 bits per heavy atom. The number of nitrogens with zero attached hydrogens (tertiary/aromatic N) is 2. The smallest absolute Gasteiger partial charge is 0.392 e. The van der Waals surface area contributed by atoms with E-state index < -0.39 is 23.8 Å². The standard InChI is InChI=1S/C14H19F3O.C13H18F2O.C8H14N2O2.C8H10O.CH4/c1-3-4-5-10-13(18,14(15,16)17)12-8-6-11(2)7-9-12;1-3-4-9-13(14,15)12(16)11-7-5-10(2)6-8-11;1-5(2)10-6(3)7(11)9(4)8(10)12;1-7-2-4-8(6-9)5-3-7;/h6-9,18H,3-5,10H2,1-2H3;5-8,12,16H,3-4,9H2,1-2H3;5-6H,1-4H3;2-5,9H,6H2,1H3;1H4. The molecule has 1 fully saturated rings. The van der Waals surface area contributed by atoms with Crippen molar-refractivity contribution >= 4 is 11.9 Å². The summed E-state index contributed by atoms with van der Waals surface area (Å²) < 4.78 is 66.3. The van der Waals surface area contributed by atoms with E-state index >= 15 is 0 Å². The van der Waals surface area contributed by atoms with E-state index in [1.165, 1.54) is 29.6 Å². The molecule has 7 nitrogen and oxygen atoms in total. The van der Waals surface area contributed by atoms with Gasteiger partial charge in [-0.25, -0.2) is 13.6 Å². The number of benzene rings is 3. The van der Waals surface area contributed by atoms with Crippen molar-refractivity contribution in [3.63, 3.8) is 0 Å². The van der Waals surface area contributed by atoms with Crippen molar-refractivity contribution in [2.75, 3.05) is 7.05 Å². The minimum absolute atomic E-state index is 0. The van der Waals surface area contributed by atoms with E-state index in [4.69, 9.17) is 5.11 Å². The molecule has 3 aromatic rings. The van der Waals surface area contributed by atoms with Crippen molar-refractivity contribution < 1.29 is 46.9 Å². The Bertz CT molecular complexity index is 1560. The molecule has 12 heteroatoms. The molecule has 3 N–H and O–H groups in total. The Balaban J connectivity index is 0.000000736. The molecule has 0 bridgehead atoms. The highest BCUT2D eigenvalue weighted by Crippen LogP contribution is 2.43. The van der Waals surface area contributed by atoms with Crippen LogP contribution in [-0.4, -0.2) is 68.3 Å². The van der Waals surface area contributed by atoms with Crippen molar-refractivity contribution in [3.8, 4) is 0 Å². The molecule has 0 aromatic heterocycles. The lowest BCUT2D eigenvalue weighted by Crippen LogP contribution is -2.42. The summed E-state index contributed by atoms with van der Waals surface area (Å²) in [4.78, 5) is 25.4. The van der Waals surface area contributed by atoms with E-state index in [-0.39, 0.29) is 62.0 Å². The van der Waals surface area contributed by atoms with Gasteiger partial charge < -0.3 is 20.2 Å². The van der Waals surface area contributed by atoms with Gasteiger partial charge in [0.2, 0.25) is 0 Å². The molecule has 4 rings (SSSR count). The highest BCUT2D eigenvalue weighted by atomic mass is 19.4. The van der Waals surface area contributed by atoms with E-state index in [1.54, 1.807) is 55.1 Å². The average Bonchev–Trinajstić information content (AvgIpc) is 3.33. The van der Waals surface area contributed by atoms with Gasteiger partial charge in [-0.05, 0) is 77.5 Å². The van der Waals surface area contributed by atoms with E-state index in [0.29, 0.717) is 25.7 Å². The number of aryl methyl sites for hydroxylation is 3. The second-order valence-electron chi connectivity index (χ2n) is 14.4. The lowest BCUT2D eigenvalue weighted by molar-refractivity contribution is -0.269. The number of alkyl halides is 5. The summed E-state index contributed by atoms with van der Waals surface area (Å²) in [5.41, 5.74) is 1.55. The summed E-state index contributed by atoms with van der Waals surface area (Å²) in [6, 6.07) is 19.9. The van der Waals surface area contributed by atoms with Gasteiger partial charge in [-0.15, -0.1) is 0 Å². The van der Waals surface area contributed by atoms with Gasteiger partial charge in [0.15, 0.2) is 5.60 Å². The fourth-order valence-corrected chi connectivity index (χ4v) is 5.65. The molecule has 56 heavy (non-hydrogen) atoms. The number of unbranched alkanes of at least 4 members (excludes halogenated alkanes) is 3. The predicted octanol–water partition coefficient (Wildman–Crippen LogP) is 11.0. The quantitative estimate of drug-likeness (QED) is 0.0963. The monoisotopic (exact) mass is 796 g/mol. The zero-order chi connectivity index (χ0) is 42.1. The number of urea groups is 1. The van der Waals surface area contributed by atoms with E-state index in [9.17, 15) is 41.8 Å². The van der Waals surface area contributed by atoms with Gasteiger partial charge >= 0.3 is 12.2 Å². The molecule has 0 spiro atoms. The Kier molecular flexibility index (Phi) is 22.4. The molecule has 316 valence electrons. The van der Waals surface area contributed by atoms with Crippen LogP contribution in [0.4, 0.5) is 26.7 Å². The number of halogens is 5. The molecule has 3 atom stereocenters. The number of hydrogen-bond donors (Lipinski definition) is 3. The summed E-state index contributed by atoms with van der Waals surface area (Å²) in [5.74, 6) is -3.15. The molecule has 1 saturated heterocycles. The minimum Gasteiger partial charge on any atom is -0.392 e. The fraction of sp³-hybridized carbons (Fsp3) is 0.545. The molecule has 3 amide bonds. The number of hydrogen-bond acceptors (Lipinski definition) is 5. The first-order chi connectivity index (χ1) is 25.6. The number of imide groups is 1. The topological polar surface area (TPSA) is 101 Å². The van der Waals surface area contributed by atoms with Crippen molar-refractivity contribution in [2.45, 2.75) is 150 Å². The summed E-state index contributed by atoms with van der Waals surface area (Å²) in [6.45, 7) is 15.2. The third-order valence-electron chi connectivity index (χ3n) is 9.27. The van der Waals surface area contributed by atoms with Crippen LogP contribution < -0.4 is 0 Å². The maximum absolute atomic E-state index is 13.5. The molecular weight excluding hydrogens is 731 g/mol. The first kappa shape index (κ1) is 52.1. The average molecular weight is 797 g/mol. The fourth-order valence-electron chi connectivity index (χ4n) is 5.65. The molecule has 0 radical (unpaired) electrons. The summed E-state index contributed by atoms with van der Waals surface area (Å²) in [5, 5.41) is 28.3. The number of carbonyl (C=O) groups is 2. The Morgan fingerprint density at radius 3 is 1.54 bits per heavy atom. The van der Waals surface area contributed by atoms with Gasteiger partial charge in [0, 0.05) is 19.5 Å². The second kappa shape index (κ2) is 24.0. The molecule has 3 unspecified atom stereocenters. The maximum atomic E-state index is 13.5. The van der Waals surface area contributed by atoms with Crippen molar-refractivity contribution in [1.29, 1.82) is 0 Å². The maximum Gasteiger partial charge on any atom is 0.421 e. The normalized spacial score (nSPS) is 15.7. The highest BCUT2D eigenvalue weighted by Gasteiger charge is 2.54. The number of carbonyl (C=O) groups excluding carboxylic acids is 2. The Morgan fingerprint density at radius 2 is 1.18 bits per heavy atom. The van der Waals surface area contributed by atoms with Crippen molar-refractivity contribution in [3.05, 3.63) is 106 Å². The number of likely N-dealkylation sites (N-methyl/N-ethyl adjacent to an activating group) is 1. The van der Waals surface area contributed by atoms with Crippen LogP contribution in [0.15, 0.2) is 72.8 Å². The van der Waals surface area contributed by atoms with Gasteiger partial charge in [-0.3, -0.25) is 9.69 Å². The largest absolute Gasteiger partial charge is 0.421 e. The van der Waals surface area contributed by atoms with E-state index in [1.807, 2.05) is 65.8 Å². The van der Waals surface area contributed by atoms with Crippen LogP contribution in [-0.2, 0) is 17.0 Å². The highest BCUT2D eigenvalue weighted by molar-refractivity contribution is 6.03. The zero-order valence-corrected chi connectivity index (χ0v) is 33.8. The lowest BCUT2D eigenvalue weighted by Gasteiger charge is -2.31. The second-order valence-corrected chi connectivity index (χ2v) is 14.4. The molecule has 0 aliphatic carbocycles. The van der Waals surface area contributed by atoms with E-state index in [0.717, 1.165) is 23.1 Å². The predicted molar refractivity (Wildman–Crippen MR) is 214 cm³/mol. The first-order valence-corrected chi connectivity index (χ1v) is 18.8. The molecular formula is C44H65F5N2O5. The molecule has 3 aromatic carbocycles. The van der Waals surface area contributed by atoms with Crippen LogP contribution in [0.2, 0.25) is 0 Å². The summed E-state index contributed by atoms with van der Waals surface area (Å²) in [6.07, 6.45) is -3.89. The minimum atomic E-state index is -4.64. The van der Waals surface area contributed by atoms with Crippen LogP contribution in [0.3, 0.4) is 0 Å². The van der Waals surface area contributed by atoms with Gasteiger partial charge in [-0.1, -0.05) is 130 Å². The number of amides is 3. The van der Waals surface area contributed by atoms with Gasteiger partial charge in [0.1, 0.15) is 12.1 Å². The summed E-state index contributed by atoms with van der Waals surface area (Å²) in [7, 11) is 1.52. The third kappa shape index (κ3) is 15.6. The van der Waals surface area contributed by atoms with Crippen LogP contribution >= 0.6 is 0 Å². The lowest BCUT2D eigenvalue weighted by atomic mass is 9.87. The van der Waals surface area contributed by atoms with Crippen LogP contribution in [0.5, 0.6) is 0 Å². The van der Waals surface area contributed by atoms with Gasteiger partial charge in [0.05, 0.1) is 6.61 Å². The molecule has 1 aliphatic heterocycles. The zero-order valence-electron chi connectivity index (χ0n) is 33.8. The van der Waals surface area contributed by atoms with E-state index in [2.05, 4.69) is 0 Å². The number of aliphatic hydroxyl groups excluding tert-OH is 2. The molecule has 1 aliphatic rings. The summed E-state index contributed by atoms with van der Waals surface area (Å²) >= 11 is 0. The molecule has 0 saturated carbocycles. The SMILES string of the molecule is C.CC(C)N1C(=O)N(C)C(=O)C1C.CCCCC(F)(F)C(O)c1ccc(C)cc1.CCCCCC(O)(c1ccc(C)cc1)C(F)(F)F.Cc1ccc(CO)cc1. The van der Waals surface area contributed by atoms with Crippen LogP contribution in [0.1, 0.15) is 126 Å².